The minimum absolute atomic E-state index is 0.0740. The van der Waals surface area contributed by atoms with Crippen LogP contribution in [-0.2, 0) is 5.41 Å². The molecule has 0 spiro atoms. The highest BCUT2D eigenvalue weighted by Gasteiger charge is 2.22. The summed E-state index contributed by atoms with van der Waals surface area (Å²) in [5.74, 6) is 1.12. The second-order valence-corrected chi connectivity index (χ2v) is 5.96. The summed E-state index contributed by atoms with van der Waals surface area (Å²) in [5, 5.41) is 3.53. The van der Waals surface area contributed by atoms with Crippen molar-refractivity contribution < 1.29 is 0 Å². The van der Waals surface area contributed by atoms with Crippen LogP contribution in [0.3, 0.4) is 0 Å². The summed E-state index contributed by atoms with van der Waals surface area (Å²) < 4.78 is 2.20. The standard InChI is InChI=1S/C14H19N3/c1-14(2,3)13-15-8-12-7-6-11(9-17(12)13)16-10-4-5-10/h6-10,16H,4-5H2,1-3H3. The number of anilines is 1. The van der Waals surface area contributed by atoms with Crippen LogP contribution in [0.25, 0.3) is 5.52 Å². The molecule has 0 aliphatic heterocycles. The molecule has 17 heavy (non-hydrogen) atoms. The molecule has 1 aliphatic rings. The second-order valence-electron chi connectivity index (χ2n) is 5.96. The normalized spacial score (nSPS) is 16.4. The van der Waals surface area contributed by atoms with Crippen LogP contribution in [0.5, 0.6) is 0 Å². The first-order valence-corrected chi connectivity index (χ1v) is 6.28. The van der Waals surface area contributed by atoms with Gasteiger partial charge in [0.05, 0.1) is 17.4 Å². The van der Waals surface area contributed by atoms with Crippen LogP contribution in [0.15, 0.2) is 24.5 Å². The summed E-state index contributed by atoms with van der Waals surface area (Å²) in [6.07, 6.45) is 6.71. The van der Waals surface area contributed by atoms with Crippen molar-refractivity contribution in [3.63, 3.8) is 0 Å². The Kier molecular flexibility index (Phi) is 2.18. The van der Waals surface area contributed by atoms with Crippen LogP contribution in [0, 0.1) is 0 Å². The van der Waals surface area contributed by atoms with Crippen molar-refractivity contribution in [2.45, 2.75) is 45.1 Å². The van der Waals surface area contributed by atoms with Crippen LogP contribution in [-0.4, -0.2) is 15.4 Å². The van der Waals surface area contributed by atoms with Crippen molar-refractivity contribution in [1.82, 2.24) is 9.38 Å². The number of pyridine rings is 1. The fraction of sp³-hybridized carbons (Fsp3) is 0.500. The Bertz CT molecular complexity index is 544. The average Bonchev–Trinajstić information content (AvgIpc) is 2.94. The molecule has 1 saturated carbocycles. The number of imidazole rings is 1. The quantitative estimate of drug-likeness (QED) is 0.856. The molecule has 0 unspecified atom stereocenters. The van der Waals surface area contributed by atoms with Gasteiger partial charge in [0.25, 0.3) is 0 Å². The van der Waals surface area contributed by atoms with Crippen molar-refractivity contribution in [3.8, 4) is 0 Å². The topological polar surface area (TPSA) is 29.3 Å². The Balaban J connectivity index is 2.05. The average molecular weight is 229 g/mol. The molecule has 0 aromatic carbocycles. The van der Waals surface area contributed by atoms with Gasteiger partial charge in [-0.3, -0.25) is 0 Å². The molecular formula is C14H19N3. The first-order chi connectivity index (χ1) is 8.04. The molecule has 1 fully saturated rings. The molecule has 0 bridgehead atoms. The summed E-state index contributed by atoms with van der Waals surface area (Å²) >= 11 is 0. The smallest absolute Gasteiger partial charge is 0.118 e. The second kappa shape index (κ2) is 3.49. The number of nitrogens with one attached hydrogen (secondary N) is 1. The molecule has 1 aliphatic carbocycles. The lowest BCUT2D eigenvalue weighted by Gasteiger charge is -2.17. The van der Waals surface area contributed by atoms with E-state index in [4.69, 9.17) is 0 Å². The lowest BCUT2D eigenvalue weighted by Crippen LogP contribution is -2.16. The van der Waals surface area contributed by atoms with Crippen LogP contribution < -0.4 is 5.32 Å². The highest BCUT2D eigenvalue weighted by atomic mass is 15.0. The first-order valence-electron chi connectivity index (χ1n) is 6.28. The van der Waals surface area contributed by atoms with Gasteiger partial charge >= 0.3 is 0 Å². The maximum Gasteiger partial charge on any atom is 0.118 e. The Labute approximate surface area is 102 Å². The molecule has 1 N–H and O–H groups in total. The molecule has 0 radical (unpaired) electrons. The van der Waals surface area contributed by atoms with E-state index in [-0.39, 0.29) is 5.41 Å². The van der Waals surface area contributed by atoms with E-state index in [0.29, 0.717) is 6.04 Å². The van der Waals surface area contributed by atoms with Gasteiger partial charge in [-0.15, -0.1) is 0 Å². The van der Waals surface area contributed by atoms with Gasteiger partial charge < -0.3 is 9.72 Å². The molecule has 3 nitrogen and oxygen atoms in total. The first kappa shape index (κ1) is 10.6. The summed E-state index contributed by atoms with van der Waals surface area (Å²) in [6, 6.07) is 4.96. The van der Waals surface area contributed by atoms with E-state index in [1.807, 2.05) is 6.20 Å². The summed E-state index contributed by atoms with van der Waals surface area (Å²) in [6.45, 7) is 6.59. The zero-order valence-electron chi connectivity index (χ0n) is 10.7. The van der Waals surface area contributed by atoms with Gasteiger partial charge in [-0.1, -0.05) is 20.8 Å². The van der Waals surface area contributed by atoms with Crippen molar-refractivity contribution in [3.05, 3.63) is 30.4 Å². The highest BCUT2D eigenvalue weighted by molar-refractivity contribution is 5.55. The predicted molar refractivity (Wildman–Crippen MR) is 70.5 cm³/mol. The number of hydrogen-bond acceptors (Lipinski definition) is 2. The van der Waals surface area contributed by atoms with Gasteiger partial charge in [0.1, 0.15) is 5.82 Å². The number of rotatable bonds is 2. The lowest BCUT2D eigenvalue weighted by atomic mass is 9.96. The third-order valence-corrected chi connectivity index (χ3v) is 3.15. The van der Waals surface area contributed by atoms with E-state index < -0.39 is 0 Å². The minimum atomic E-state index is 0.0740. The van der Waals surface area contributed by atoms with Gasteiger partial charge in [0.2, 0.25) is 0 Å². The SMILES string of the molecule is CC(C)(C)c1ncc2ccc(NC3CC3)cn12. The fourth-order valence-corrected chi connectivity index (χ4v) is 2.09. The summed E-state index contributed by atoms with van der Waals surface area (Å²) in [4.78, 5) is 4.54. The van der Waals surface area contributed by atoms with E-state index in [1.165, 1.54) is 18.5 Å². The zero-order chi connectivity index (χ0) is 12.0. The Hall–Kier alpha value is -1.51. The number of hydrogen-bond donors (Lipinski definition) is 1. The fourth-order valence-electron chi connectivity index (χ4n) is 2.09. The van der Waals surface area contributed by atoms with Crippen LogP contribution in [0.2, 0.25) is 0 Å². The van der Waals surface area contributed by atoms with E-state index in [1.54, 1.807) is 0 Å². The Morgan fingerprint density at radius 1 is 1.29 bits per heavy atom. The number of aromatic nitrogens is 2. The molecule has 2 aromatic rings. The largest absolute Gasteiger partial charge is 0.381 e. The molecule has 3 rings (SSSR count). The third-order valence-electron chi connectivity index (χ3n) is 3.15. The highest BCUT2D eigenvalue weighted by Crippen LogP contribution is 2.27. The van der Waals surface area contributed by atoms with Gasteiger partial charge in [0, 0.05) is 17.7 Å². The molecule has 2 aromatic heterocycles. The summed E-state index contributed by atoms with van der Waals surface area (Å²) in [7, 11) is 0. The molecule has 0 saturated heterocycles. The van der Waals surface area contributed by atoms with Crippen LogP contribution >= 0.6 is 0 Å². The Morgan fingerprint density at radius 2 is 2.06 bits per heavy atom. The number of nitrogens with zero attached hydrogens (tertiary/aromatic N) is 2. The van der Waals surface area contributed by atoms with Gasteiger partial charge in [0.15, 0.2) is 0 Å². The predicted octanol–water partition coefficient (Wildman–Crippen LogP) is 3.21. The van der Waals surface area contributed by atoms with Crippen LogP contribution in [0.4, 0.5) is 5.69 Å². The molecular weight excluding hydrogens is 210 g/mol. The van der Waals surface area contributed by atoms with Crippen molar-refractivity contribution in [2.24, 2.45) is 0 Å². The van der Waals surface area contributed by atoms with E-state index >= 15 is 0 Å². The molecule has 3 heteroatoms. The summed E-state index contributed by atoms with van der Waals surface area (Å²) in [5.41, 5.74) is 2.43. The van der Waals surface area contributed by atoms with Gasteiger partial charge in [-0.2, -0.15) is 0 Å². The van der Waals surface area contributed by atoms with E-state index in [0.717, 1.165) is 11.3 Å². The molecule has 0 amide bonds. The van der Waals surface area contributed by atoms with Crippen molar-refractivity contribution in [2.75, 3.05) is 5.32 Å². The molecule has 2 heterocycles. The van der Waals surface area contributed by atoms with Crippen molar-refractivity contribution in [1.29, 1.82) is 0 Å². The van der Waals surface area contributed by atoms with E-state index in [9.17, 15) is 0 Å². The Morgan fingerprint density at radius 3 is 2.71 bits per heavy atom. The third kappa shape index (κ3) is 2.02. The maximum absolute atomic E-state index is 4.54. The lowest BCUT2D eigenvalue weighted by molar-refractivity contribution is 0.543. The van der Waals surface area contributed by atoms with E-state index in [2.05, 4.69) is 53.8 Å². The maximum atomic E-state index is 4.54. The molecule has 0 atom stereocenters. The van der Waals surface area contributed by atoms with Gasteiger partial charge in [-0.05, 0) is 25.0 Å². The van der Waals surface area contributed by atoms with Crippen LogP contribution in [0.1, 0.15) is 39.4 Å². The minimum Gasteiger partial charge on any atom is -0.381 e. The number of fused-ring (bicyclic) bond motifs is 1. The van der Waals surface area contributed by atoms with Crippen molar-refractivity contribution >= 4 is 11.2 Å². The van der Waals surface area contributed by atoms with Gasteiger partial charge in [-0.25, -0.2) is 4.98 Å². The molecule has 90 valence electrons. The zero-order valence-corrected chi connectivity index (χ0v) is 10.7. The monoisotopic (exact) mass is 229 g/mol.